The van der Waals surface area contributed by atoms with E-state index in [2.05, 4.69) is 30.6 Å². The second-order valence-corrected chi connectivity index (χ2v) is 5.53. The van der Waals surface area contributed by atoms with E-state index >= 15 is 0 Å². The fraction of sp³-hybridized carbons (Fsp3) is 1.00. The molecule has 0 radical (unpaired) electrons. The van der Waals surface area contributed by atoms with Gasteiger partial charge < -0.3 is 9.47 Å². The van der Waals surface area contributed by atoms with Gasteiger partial charge in [0, 0.05) is 31.7 Å². The van der Waals surface area contributed by atoms with Gasteiger partial charge in [0.2, 0.25) is 0 Å². The van der Waals surface area contributed by atoms with E-state index < -0.39 is 0 Å². The van der Waals surface area contributed by atoms with Crippen molar-refractivity contribution in [1.82, 2.24) is 9.80 Å². The number of hydrogen-bond donors (Lipinski definition) is 0. The summed E-state index contributed by atoms with van der Waals surface area (Å²) in [6.07, 6.45) is 1.54. The van der Waals surface area contributed by atoms with Crippen molar-refractivity contribution in [3.63, 3.8) is 0 Å². The van der Waals surface area contributed by atoms with E-state index in [9.17, 15) is 0 Å². The fourth-order valence-corrected chi connectivity index (χ4v) is 3.06. The summed E-state index contributed by atoms with van der Waals surface area (Å²) in [5.74, 6) is 0. The van der Waals surface area contributed by atoms with Crippen LogP contribution in [0.15, 0.2) is 0 Å². The van der Waals surface area contributed by atoms with Crippen molar-refractivity contribution in [2.45, 2.75) is 45.4 Å². The van der Waals surface area contributed by atoms with Crippen LogP contribution in [0.3, 0.4) is 0 Å². The molecule has 2 aliphatic heterocycles. The molecule has 0 aliphatic carbocycles. The summed E-state index contributed by atoms with van der Waals surface area (Å²) in [6.45, 7) is 13.9. The predicted octanol–water partition coefficient (Wildman–Crippen LogP) is 1.21. The Morgan fingerprint density at radius 2 is 1.89 bits per heavy atom. The third-order valence-corrected chi connectivity index (χ3v) is 4.44. The van der Waals surface area contributed by atoms with Crippen LogP contribution in [0.5, 0.6) is 0 Å². The molecule has 4 nitrogen and oxygen atoms in total. The van der Waals surface area contributed by atoms with Crippen LogP contribution < -0.4 is 0 Å². The molecule has 3 atom stereocenters. The van der Waals surface area contributed by atoms with Gasteiger partial charge >= 0.3 is 0 Å². The monoisotopic (exact) mass is 256 g/mol. The fourth-order valence-electron chi connectivity index (χ4n) is 3.06. The summed E-state index contributed by atoms with van der Waals surface area (Å²) >= 11 is 0. The minimum Gasteiger partial charge on any atom is -0.379 e. The largest absolute Gasteiger partial charge is 0.379 e. The zero-order valence-electron chi connectivity index (χ0n) is 12.1. The average molecular weight is 256 g/mol. The van der Waals surface area contributed by atoms with Gasteiger partial charge in [-0.15, -0.1) is 0 Å². The molecule has 0 N–H and O–H groups in total. The summed E-state index contributed by atoms with van der Waals surface area (Å²) in [5, 5.41) is 0. The Hall–Kier alpha value is -0.160. The van der Waals surface area contributed by atoms with E-state index in [4.69, 9.17) is 9.47 Å². The predicted molar refractivity (Wildman–Crippen MR) is 72.9 cm³/mol. The maximum Gasteiger partial charge on any atom is 0.0740 e. The summed E-state index contributed by atoms with van der Waals surface area (Å²) in [4.78, 5) is 5.06. The molecule has 2 rings (SSSR count). The smallest absolute Gasteiger partial charge is 0.0740 e. The molecule has 18 heavy (non-hydrogen) atoms. The van der Waals surface area contributed by atoms with E-state index in [0.717, 1.165) is 52.4 Å². The van der Waals surface area contributed by atoms with Crippen LogP contribution in [-0.2, 0) is 9.47 Å². The maximum atomic E-state index is 5.95. The van der Waals surface area contributed by atoms with Gasteiger partial charge in [0.1, 0.15) is 0 Å². The highest BCUT2D eigenvalue weighted by Gasteiger charge is 2.28. The quantitative estimate of drug-likeness (QED) is 0.755. The van der Waals surface area contributed by atoms with Gasteiger partial charge in [0.25, 0.3) is 0 Å². The van der Waals surface area contributed by atoms with Crippen molar-refractivity contribution < 1.29 is 9.47 Å². The van der Waals surface area contributed by atoms with Crippen molar-refractivity contribution in [2.75, 3.05) is 46.0 Å². The van der Waals surface area contributed by atoms with Crippen molar-refractivity contribution >= 4 is 0 Å². The highest BCUT2D eigenvalue weighted by Crippen LogP contribution is 2.18. The Bertz CT molecular complexity index is 250. The summed E-state index contributed by atoms with van der Waals surface area (Å²) in [7, 11) is 0. The van der Waals surface area contributed by atoms with Crippen molar-refractivity contribution in [1.29, 1.82) is 0 Å². The molecule has 2 aliphatic rings. The van der Waals surface area contributed by atoms with E-state index in [1.54, 1.807) is 0 Å². The van der Waals surface area contributed by atoms with Gasteiger partial charge in [-0.1, -0.05) is 6.92 Å². The Labute approximate surface area is 111 Å². The molecule has 0 aromatic rings. The van der Waals surface area contributed by atoms with E-state index in [-0.39, 0.29) is 0 Å². The molecule has 2 fully saturated rings. The normalized spacial score (nSPS) is 35.8. The van der Waals surface area contributed by atoms with Gasteiger partial charge in [0.15, 0.2) is 0 Å². The van der Waals surface area contributed by atoms with Gasteiger partial charge in [0.05, 0.1) is 25.9 Å². The minimum absolute atomic E-state index is 0.397. The molecule has 4 heteroatoms. The molecule has 2 saturated heterocycles. The summed E-state index contributed by atoms with van der Waals surface area (Å²) in [5.41, 5.74) is 0. The van der Waals surface area contributed by atoms with Crippen LogP contribution in [0.1, 0.15) is 27.2 Å². The van der Waals surface area contributed by atoms with Crippen LogP contribution in [0.2, 0.25) is 0 Å². The Kier molecular flexibility index (Phi) is 5.42. The molecule has 0 bridgehead atoms. The first-order valence-corrected chi connectivity index (χ1v) is 7.39. The number of likely N-dealkylation sites (N-methyl/N-ethyl adjacent to an activating group) is 1. The lowest BCUT2D eigenvalue weighted by Crippen LogP contribution is -2.51. The Morgan fingerprint density at radius 1 is 1.11 bits per heavy atom. The molecule has 0 aromatic carbocycles. The second-order valence-electron chi connectivity index (χ2n) is 5.53. The molecule has 2 heterocycles. The molecule has 0 saturated carbocycles. The van der Waals surface area contributed by atoms with Gasteiger partial charge in [-0.05, 0) is 26.8 Å². The van der Waals surface area contributed by atoms with Crippen LogP contribution >= 0.6 is 0 Å². The van der Waals surface area contributed by atoms with Crippen molar-refractivity contribution in [2.24, 2.45) is 0 Å². The first-order chi connectivity index (χ1) is 8.72. The number of rotatable bonds is 4. The number of ether oxygens (including phenoxy) is 2. The zero-order valence-corrected chi connectivity index (χ0v) is 12.1. The van der Waals surface area contributed by atoms with Crippen molar-refractivity contribution in [3.8, 4) is 0 Å². The molecule has 0 amide bonds. The first-order valence-electron chi connectivity index (χ1n) is 7.39. The van der Waals surface area contributed by atoms with Gasteiger partial charge in [-0.2, -0.15) is 0 Å². The standard InChI is InChI=1S/C14H28N2O2/c1-4-15-8-10-18-14(13(15)3)5-6-16-7-9-17-11-12(16)2/h12-14H,4-11H2,1-3H3/t12-,13+,14?/m0/s1. The van der Waals surface area contributed by atoms with Gasteiger partial charge in [-0.25, -0.2) is 0 Å². The lowest BCUT2D eigenvalue weighted by atomic mass is 10.0. The van der Waals surface area contributed by atoms with Gasteiger partial charge in [-0.3, -0.25) is 9.80 Å². The van der Waals surface area contributed by atoms with E-state index in [1.165, 1.54) is 0 Å². The molecule has 1 unspecified atom stereocenters. The van der Waals surface area contributed by atoms with Crippen LogP contribution in [0, 0.1) is 0 Å². The molecular weight excluding hydrogens is 228 g/mol. The topological polar surface area (TPSA) is 24.9 Å². The Balaban J connectivity index is 1.78. The zero-order chi connectivity index (χ0) is 13.0. The Morgan fingerprint density at radius 3 is 2.61 bits per heavy atom. The third-order valence-electron chi connectivity index (χ3n) is 4.44. The summed E-state index contributed by atoms with van der Waals surface area (Å²) < 4.78 is 11.4. The minimum atomic E-state index is 0.397. The average Bonchev–Trinajstić information content (AvgIpc) is 2.39. The first kappa shape index (κ1) is 14.3. The number of morpholine rings is 2. The number of hydrogen-bond acceptors (Lipinski definition) is 4. The highest BCUT2D eigenvalue weighted by molar-refractivity contribution is 4.82. The summed E-state index contributed by atoms with van der Waals surface area (Å²) in [6, 6.07) is 1.11. The van der Waals surface area contributed by atoms with Crippen LogP contribution in [0.25, 0.3) is 0 Å². The SMILES string of the molecule is CCN1CCOC(CCN2CCOC[C@@H]2C)[C@H]1C. The maximum absolute atomic E-state index is 5.95. The van der Waals surface area contributed by atoms with E-state index in [0.29, 0.717) is 18.2 Å². The number of nitrogens with zero attached hydrogens (tertiary/aromatic N) is 2. The molecule has 106 valence electrons. The van der Waals surface area contributed by atoms with E-state index in [1.807, 2.05) is 0 Å². The molecule has 0 spiro atoms. The van der Waals surface area contributed by atoms with Crippen LogP contribution in [0.4, 0.5) is 0 Å². The lowest BCUT2D eigenvalue weighted by molar-refractivity contribution is -0.0750. The van der Waals surface area contributed by atoms with Crippen molar-refractivity contribution in [3.05, 3.63) is 0 Å². The van der Waals surface area contributed by atoms with Crippen LogP contribution in [-0.4, -0.2) is 74.0 Å². The third kappa shape index (κ3) is 3.44. The molecule has 0 aromatic heterocycles. The highest BCUT2D eigenvalue weighted by atomic mass is 16.5. The second kappa shape index (κ2) is 6.85. The lowest BCUT2D eigenvalue weighted by Gasteiger charge is -2.40. The molecular formula is C14H28N2O2.